The monoisotopic (exact) mass is 650 g/mol. The number of benzene rings is 2. The molecule has 4 amide bonds. The van der Waals surface area contributed by atoms with Gasteiger partial charge in [0, 0.05) is 18.9 Å². The van der Waals surface area contributed by atoms with Crippen molar-refractivity contribution in [2.75, 3.05) is 0 Å². The molecule has 3 unspecified atom stereocenters. The first-order chi connectivity index (χ1) is 21.8. The highest BCUT2D eigenvalue weighted by Gasteiger charge is 2.45. The van der Waals surface area contributed by atoms with Crippen LogP contribution in [0.4, 0.5) is 4.79 Å². The highest BCUT2D eigenvalue weighted by atomic mass is 16.6. The van der Waals surface area contributed by atoms with Crippen molar-refractivity contribution in [3.8, 4) is 0 Å². The molecule has 2 aromatic rings. The van der Waals surface area contributed by atoms with Gasteiger partial charge in [-0.15, -0.1) is 0 Å². The quantitative estimate of drug-likeness (QED) is 0.268. The maximum Gasteiger partial charge on any atom is 0.408 e. The van der Waals surface area contributed by atoms with Gasteiger partial charge in [0.05, 0.1) is 0 Å². The third kappa shape index (κ3) is 11.7. The maximum absolute atomic E-state index is 14.5. The van der Waals surface area contributed by atoms with Crippen LogP contribution in [0.15, 0.2) is 48.5 Å². The summed E-state index contributed by atoms with van der Waals surface area (Å²) in [7, 11) is 0. The van der Waals surface area contributed by atoms with Crippen molar-refractivity contribution in [1.82, 2.24) is 15.5 Å². The predicted octanol–water partition coefficient (Wildman–Crippen LogP) is 4.56. The molecule has 0 heterocycles. The van der Waals surface area contributed by atoms with Gasteiger partial charge >= 0.3 is 12.1 Å². The normalized spacial score (nSPS) is 15.1. The third-order valence-electron chi connectivity index (χ3n) is 7.53. The zero-order valence-electron chi connectivity index (χ0n) is 28.8. The number of alkyl carbamates (subject to hydrolysis) is 1. The molecule has 0 bridgehead atoms. The number of hydrogen-bond acceptors (Lipinski definition) is 7. The number of nitrogens with zero attached hydrogens (tertiary/aromatic N) is 1. The van der Waals surface area contributed by atoms with E-state index in [0.717, 1.165) is 16.7 Å². The largest absolute Gasteiger partial charge is 0.458 e. The highest BCUT2D eigenvalue weighted by molar-refractivity contribution is 5.94. The van der Waals surface area contributed by atoms with Gasteiger partial charge in [-0.3, -0.25) is 14.4 Å². The SMILES string of the molecule is Cc1ccc(C(C(=O)NC(Cc2ccccc2)C(=O)OC(C)(C)C)N(C(=O)C(CCC(N)=O)NC(=O)OC(C)(C)C)C2CC2)cc1C. The second-order valence-electron chi connectivity index (χ2n) is 14.2. The molecule has 11 nitrogen and oxygen atoms in total. The van der Waals surface area contributed by atoms with Crippen molar-refractivity contribution in [2.24, 2.45) is 5.73 Å². The summed E-state index contributed by atoms with van der Waals surface area (Å²) in [6.45, 7) is 14.2. The first-order valence-corrected chi connectivity index (χ1v) is 16.1. The topological polar surface area (TPSA) is 157 Å². The molecule has 4 N–H and O–H groups in total. The molecule has 1 fully saturated rings. The van der Waals surface area contributed by atoms with Crippen LogP contribution in [0.1, 0.15) is 95.5 Å². The number of nitrogens with two attached hydrogens (primary N) is 1. The molecule has 0 aliphatic heterocycles. The molecular weight excluding hydrogens is 600 g/mol. The zero-order chi connectivity index (χ0) is 35.1. The molecule has 1 saturated carbocycles. The lowest BCUT2D eigenvalue weighted by molar-refractivity contribution is -0.159. The summed E-state index contributed by atoms with van der Waals surface area (Å²) in [5.41, 5.74) is 7.05. The lowest BCUT2D eigenvalue weighted by Gasteiger charge is -2.35. The first kappa shape index (κ1) is 37.1. The van der Waals surface area contributed by atoms with E-state index in [-0.39, 0.29) is 25.3 Å². The maximum atomic E-state index is 14.5. The summed E-state index contributed by atoms with van der Waals surface area (Å²) in [5, 5.41) is 5.52. The molecule has 0 aromatic heterocycles. The Morgan fingerprint density at radius 1 is 0.851 bits per heavy atom. The van der Waals surface area contributed by atoms with E-state index in [9.17, 15) is 24.0 Å². The van der Waals surface area contributed by atoms with Gasteiger partial charge in [0.15, 0.2) is 0 Å². The fraction of sp³-hybridized carbons (Fsp3) is 0.528. The fourth-order valence-electron chi connectivity index (χ4n) is 5.08. The number of carbonyl (C=O) groups excluding carboxylic acids is 5. The van der Waals surface area contributed by atoms with Gasteiger partial charge in [-0.2, -0.15) is 0 Å². The molecule has 0 radical (unpaired) electrons. The number of carbonyl (C=O) groups is 5. The molecule has 0 spiro atoms. The highest BCUT2D eigenvalue weighted by Crippen LogP contribution is 2.36. The van der Waals surface area contributed by atoms with Gasteiger partial charge in [0.1, 0.15) is 29.3 Å². The predicted molar refractivity (Wildman–Crippen MR) is 178 cm³/mol. The summed E-state index contributed by atoms with van der Waals surface area (Å²) < 4.78 is 11.1. The number of esters is 1. The minimum Gasteiger partial charge on any atom is -0.458 e. The molecule has 0 saturated heterocycles. The Labute approximate surface area is 277 Å². The molecule has 1 aliphatic carbocycles. The summed E-state index contributed by atoms with van der Waals surface area (Å²) in [6.07, 6.45) is 0.329. The molecule has 3 rings (SSSR count). The average Bonchev–Trinajstić information content (AvgIpc) is 3.78. The van der Waals surface area contributed by atoms with Crippen LogP contribution in [0.25, 0.3) is 0 Å². The molecule has 3 atom stereocenters. The summed E-state index contributed by atoms with van der Waals surface area (Å²) >= 11 is 0. The van der Waals surface area contributed by atoms with Gasteiger partial charge in [-0.1, -0.05) is 48.5 Å². The minimum atomic E-state index is -1.20. The summed E-state index contributed by atoms with van der Waals surface area (Å²) in [6, 6.07) is 11.0. The smallest absolute Gasteiger partial charge is 0.408 e. The Balaban J connectivity index is 2.06. The number of aryl methyl sites for hydroxylation is 2. The first-order valence-electron chi connectivity index (χ1n) is 16.1. The Hall–Kier alpha value is -4.41. The number of primary amides is 1. The summed E-state index contributed by atoms with van der Waals surface area (Å²) in [4.78, 5) is 68.5. The Morgan fingerprint density at radius 3 is 2.00 bits per heavy atom. The van der Waals surface area contributed by atoms with Crippen molar-refractivity contribution < 1.29 is 33.4 Å². The Kier molecular flexibility index (Phi) is 12.2. The lowest BCUT2D eigenvalue weighted by atomic mass is 9.97. The second-order valence-corrected chi connectivity index (χ2v) is 14.2. The van der Waals surface area contributed by atoms with Crippen LogP contribution in [0, 0.1) is 13.8 Å². The van der Waals surface area contributed by atoms with Gasteiger partial charge in [-0.05, 0) is 96.9 Å². The standard InChI is InChI=1S/C36H50N4O7/c1-22-14-15-25(20-23(22)2)30(31(42)38-28(33(44)46-35(3,4)5)21-24-12-10-9-11-13-24)40(26-16-17-26)32(43)27(18-19-29(37)41)39-34(45)47-36(6,7)8/h9-15,20,26-28,30H,16-19,21H2,1-8H3,(H2,37,41)(H,38,42)(H,39,45). The number of ether oxygens (including phenoxy) is 2. The summed E-state index contributed by atoms with van der Waals surface area (Å²) in [5.74, 6) is -2.39. The van der Waals surface area contributed by atoms with Gasteiger partial charge in [0.25, 0.3) is 0 Å². The Morgan fingerprint density at radius 2 is 1.47 bits per heavy atom. The third-order valence-corrected chi connectivity index (χ3v) is 7.53. The van der Waals surface area contributed by atoms with Crippen LogP contribution in [-0.2, 0) is 35.1 Å². The van der Waals surface area contributed by atoms with E-state index in [0.29, 0.717) is 18.4 Å². The van der Waals surface area contributed by atoms with Crippen LogP contribution >= 0.6 is 0 Å². The van der Waals surface area contributed by atoms with E-state index in [2.05, 4.69) is 10.6 Å². The van der Waals surface area contributed by atoms with Crippen molar-refractivity contribution in [3.63, 3.8) is 0 Å². The van der Waals surface area contributed by atoms with Gasteiger partial charge in [0.2, 0.25) is 17.7 Å². The van der Waals surface area contributed by atoms with Crippen molar-refractivity contribution >= 4 is 29.8 Å². The number of amides is 4. The number of hydrogen-bond donors (Lipinski definition) is 3. The van der Waals surface area contributed by atoms with E-state index >= 15 is 0 Å². The van der Waals surface area contributed by atoms with Crippen molar-refractivity contribution in [1.29, 1.82) is 0 Å². The van der Waals surface area contributed by atoms with Crippen molar-refractivity contribution in [3.05, 3.63) is 70.8 Å². The lowest BCUT2D eigenvalue weighted by Crippen LogP contribution is -2.55. The number of rotatable bonds is 13. The molecule has 1 aliphatic rings. The van der Waals surface area contributed by atoms with Crippen LogP contribution in [0.3, 0.4) is 0 Å². The second kappa shape index (κ2) is 15.5. The minimum absolute atomic E-state index is 0.0908. The van der Waals surface area contributed by atoms with E-state index in [1.807, 2.05) is 56.3 Å². The van der Waals surface area contributed by atoms with E-state index in [1.165, 1.54) is 4.90 Å². The average molecular weight is 651 g/mol. The van der Waals surface area contributed by atoms with Gasteiger partial charge in [-0.25, -0.2) is 9.59 Å². The van der Waals surface area contributed by atoms with Crippen LogP contribution in [0.2, 0.25) is 0 Å². The van der Waals surface area contributed by atoms with Gasteiger partial charge < -0.3 is 30.7 Å². The molecular formula is C36H50N4O7. The van der Waals surface area contributed by atoms with E-state index < -0.39 is 59.1 Å². The van der Waals surface area contributed by atoms with Crippen LogP contribution in [0.5, 0.6) is 0 Å². The molecule has 47 heavy (non-hydrogen) atoms. The van der Waals surface area contributed by atoms with E-state index in [1.54, 1.807) is 47.6 Å². The number of nitrogens with one attached hydrogen (secondary N) is 2. The van der Waals surface area contributed by atoms with Crippen LogP contribution in [-0.4, -0.2) is 64.0 Å². The Bertz CT molecular complexity index is 1440. The van der Waals surface area contributed by atoms with Crippen molar-refractivity contribution in [2.45, 2.75) is 123 Å². The fourth-order valence-corrected chi connectivity index (χ4v) is 5.08. The van der Waals surface area contributed by atoms with E-state index in [4.69, 9.17) is 15.2 Å². The molecule has 256 valence electrons. The zero-order valence-corrected chi connectivity index (χ0v) is 28.8. The molecule has 2 aromatic carbocycles. The molecule has 11 heteroatoms. The van der Waals surface area contributed by atoms with Crippen LogP contribution < -0.4 is 16.4 Å².